The summed E-state index contributed by atoms with van der Waals surface area (Å²) in [5.74, 6) is 0.947. The van der Waals surface area contributed by atoms with E-state index in [0.717, 1.165) is 16.0 Å². The van der Waals surface area contributed by atoms with Gasteiger partial charge in [0.15, 0.2) is 5.78 Å². The molecule has 4 nitrogen and oxygen atoms in total. The van der Waals surface area contributed by atoms with E-state index in [0.29, 0.717) is 17.1 Å². The van der Waals surface area contributed by atoms with Gasteiger partial charge in [-0.25, -0.2) is 4.79 Å². The fraction of sp³-hybridized carbons (Fsp3) is 0.300. The van der Waals surface area contributed by atoms with E-state index >= 15 is 0 Å². The summed E-state index contributed by atoms with van der Waals surface area (Å²) in [6, 6.07) is 11.7. The number of carbonyl (C=O) groups excluding carboxylic acids is 2. The van der Waals surface area contributed by atoms with Crippen molar-refractivity contribution < 1.29 is 14.3 Å². The van der Waals surface area contributed by atoms with E-state index in [1.807, 2.05) is 45.0 Å². The Hall–Kier alpha value is -2.27. The van der Waals surface area contributed by atoms with Crippen molar-refractivity contribution in [1.82, 2.24) is 4.90 Å². The van der Waals surface area contributed by atoms with Crippen LogP contribution in [-0.4, -0.2) is 36.6 Å². The fourth-order valence-corrected chi connectivity index (χ4v) is 3.11. The summed E-state index contributed by atoms with van der Waals surface area (Å²) in [6.45, 7) is 5.72. The highest BCUT2D eigenvalue weighted by Gasteiger charge is 2.15. The molecule has 0 aromatic heterocycles. The molecule has 0 bridgehead atoms. The van der Waals surface area contributed by atoms with Gasteiger partial charge < -0.3 is 9.64 Å². The number of ether oxygens (including phenoxy) is 1. The molecule has 0 fully saturated rings. The minimum absolute atomic E-state index is 0.0576. The maximum absolute atomic E-state index is 12.5. The van der Waals surface area contributed by atoms with Crippen molar-refractivity contribution in [1.29, 1.82) is 0 Å². The highest BCUT2D eigenvalue weighted by Crippen LogP contribution is 2.27. The monoisotopic (exact) mass is 357 g/mol. The summed E-state index contributed by atoms with van der Waals surface area (Å²) >= 11 is 1.52. The molecular formula is C20H23NO3S. The van der Waals surface area contributed by atoms with E-state index in [2.05, 4.69) is 0 Å². The first-order valence-corrected chi connectivity index (χ1v) is 8.99. The Morgan fingerprint density at radius 2 is 1.56 bits per heavy atom. The molecule has 0 aliphatic rings. The van der Waals surface area contributed by atoms with Gasteiger partial charge in [0.2, 0.25) is 0 Å². The van der Waals surface area contributed by atoms with Crippen LogP contribution in [0.1, 0.15) is 27.0 Å². The van der Waals surface area contributed by atoms with Crippen LogP contribution in [0.3, 0.4) is 0 Å². The van der Waals surface area contributed by atoms with E-state index in [9.17, 15) is 9.59 Å². The van der Waals surface area contributed by atoms with Crippen LogP contribution in [0.2, 0.25) is 0 Å². The van der Waals surface area contributed by atoms with E-state index in [4.69, 9.17) is 4.74 Å². The summed E-state index contributed by atoms with van der Waals surface area (Å²) in [5, 5.41) is 0. The second-order valence-corrected chi connectivity index (χ2v) is 7.28. The number of ketones is 1. The molecule has 0 N–H and O–H groups in total. The maximum atomic E-state index is 12.5. The molecule has 0 saturated heterocycles. The van der Waals surface area contributed by atoms with Crippen LogP contribution in [0.15, 0.2) is 41.3 Å². The highest BCUT2D eigenvalue weighted by molar-refractivity contribution is 8.00. The van der Waals surface area contributed by atoms with Gasteiger partial charge in [-0.3, -0.25) is 4.79 Å². The smallest absolute Gasteiger partial charge is 0.410 e. The van der Waals surface area contributed by atoms with Crippen LogP contribution in [0.5, 0.6) is 5.75 Å². The largest absolute Gasteiger partial charge is 0.414 e. The normalized spacial score (nSPS) is 10.4. The Morgan fingerprint density at radius 1 is 1.00 bits per heavy atom. The van der Waals surface area contributed by atoms with Gasteiger partial charge in [0.25, 0.3) is 0 Å². The fourth-order valence-electron chi connectivity index (χ4n) is 2.32. The van der Waals surface area contributed by atoms with Crippen LogP contribution in [-0.2, 0) is 0 Å². The average molecular weight is 357 g/mol. The highest BCUT2D eigenvalue weighted by atomic mass is 32.2. The lowest BCUT2D eigenvalue weighted by Gasteiger charge is -2.15. The van der Waals surface area contributed by atoms with Crippen LogP contribution >= 0.6 is 11.8 Å². The van der Waals surface area contributed by atoms with Crippen LogP contribution < -0.4 is 4.74 Å². The first-order chi connectivity index (χ1) is 11.8. The van der Waals surface area contributed by atoms with Gasteiger partial charge >= 0.3 is 6.09 Å². The molecule has 2 aromatic carbocycles. The lowest BCUT2D eigenvalue weighted by molar-refractivity contribution is 0.102. The van der Waals surface area contributed by atoms with E-state index < -0.39 is 6.09 Å². The van der Waals surface area contributed by atoms with Crippen LogP contribution in [0.25, 0.3) is 0 Å². The third-order valence-corrected chi connectivity index (χ3v) is 4.74. The Balaban J connectivity index is 2.10. The standard InChI is InChI=1S/C20H23NO3S/c1-13-6-8-17(9-7-13)25-12-18(22)16-10-14(2)19(15(3)11-16)24-20(23)21(4)5/h6-11H,12H2,1-5H3. The van der Waals surface area contributed by atoms with Crippen molar-refractivity contribution in [2.75, 3.05) is 19.8 Å². The third-order valence-electron chi connectivity index (χ3n) is 3.73. The summed E-state index contributed by atoms with van der Waals surface area (Å²) < 4.78 is 5.38. The molecule has 5 heteroatoms. The van der Waals surface area contributed by atoms with Gasteiger partial charge in [0.05, 0.1) is 5.75 Å². The minimum Gasteiger partial charge on any atom is -0.410 e. The predicted molar refractivity (Wildman–Crippen MR) is 102 cm³/mol. The van der Waals surface area contributed by atoms with Crippen molar-refractivity contribution in [3.63, 3.8) is 0 Å². The summed E-state index contributed by atoms with van der Waals surface area (Å²) in [6.07, 6.45) is -0.430. The first kappa shape index (κ1) is 19.1. The zero-order valence-corrected chi connectivity index (χ0v) is 16.1. The lowest BCUT2D eigenvalue weighted by Crippen LogP contribution is -2.26. The second-order valence-electron chi connectivity index (χ2n) is 6.23. The topological polar surface area (TPSA) is 46.6 Å². The van der Waals surface area contributed by atoms with Crippen molar-refractivity contribution in [3.05, 3.63) is 58.7 Å². The molecule has 0 aliphatic carbocycles. The Kier molecular flexibility index (Phi) is 6.26. The molecule has 2 rings (SSSR count). The number of thioether (sulfide) groups is 1. The molecule has 0 saturated carbocycles. The number of carbonyl (C=O) groups is 2. The van der Waals surface area contributed by atoms with Gasteiger partial charge in [0, 0.05) is 24.6 Å². The predicted octanol–water partition coefficient (Wildman–Crippen LogP) is 4.65. The Morgan fingerprint density at radius 3 is 2.08 bits per heavy atom. The van der Waals surface area contributed by atoms with Crippen molar-refractivity contribution in [2.24, 2.45) is 0 Å². The third kappa shape index (κ3) is 5.10. The molecule has 1 amide bonds. The first-order valence-electron chi connectivity index (χ1n) is 8.01. The van der Waals surface area contributed by atoms with Gasteiger partial charge in [-0.15, -0.1) is 11.8 Å². The zero-order chi connectivity index (χ0) is 18.6. The molecule has 2 aromatic rings. The molecular weight excluding hydrogens is 334 g/mol. The molecule has 0 radical (unpaired) electrons. The molecule has 132 valence electrons. The Labute approximate surface area is 153 Å². The Bertz CT molecular complexity index is 759. The number of amides is 1. The molecule has 25 heavy (non-hydrogen) atoms. The number of hydrogen-bond acceptors (Lipinski definition) is 4. The maximum Gasteiger partial charge on any atom is 0.414 e. The van der Waals surface area contributed by atoms with E-state index in [-0.39, 0.29) is 5.78 Å². The summed E-state index contributed by atoms with van der Waals surface area (Å²) in [5.41, 5.74) is 3.39. The lowest BCUT2D eigenvalue weighted by atomic mass is 10.0. The van der Waals surface area contributed by atoms with Crippen molar-refractivity contribution in [3.8, 4) is 5.75 Å². The molecule has 0 aliphatic heterocycles. The summed E-state index contributed by atoms with van der Waals surface area (Å²) in [7, 11) is 3.26. The van der Waals surface area contributed by atoms with Gasteiger partial charge in [-0.1, -0.05) is 17.7 Å². The van der Waals surface area contributed by atoms with Crippen molar-refractivity contribution in [2.45, 2.75) is 25.7 Å². The number of rotatable bonds is 5. The number of hydrogen-bond donors (Lipinski definition) is 0. The SMILES string of the molecule is Cc1ccc(SCC(=O)c2cc(C)c(OC(=O)N(C)C)c(C)c2)cc1. The quantitative estimate of drug-likeness (QED) is 0.577. The number of Topliss-reactive ketones (excluding diaryl/α,β-unsaturated/α-hetero) is 1. The number of nitrogens with zero attached hydrogens (tertiary/aromatic N) is 1. The number of benzene rings is 2. The van der Waals surface area contributed by atoms with Gasteiger partial charge in [-0.05, 0) is 56.2 Å². The van der Waals surface area contributed by atoms with E-state index in [1.54, 1.807) is 26.2 Å². The van der Waals surface area contributed by atoms with Gasteiger partial charge in [-0.2, -0.15) is 0 Å². The zero-order valence-electron chi connectivity index (χ0n) is 15.3. The van der Waals surface area contributed by atoms with Crippen LogP contribution in [0.4, 0.5) is 4.79 Å². The molecule has 0 heterocycles. The number of aryl methyl sites for hydroxylation is 3. The van der Waals surface area contributed by atoms with E-state index in [1.165, 1.54) is 22.2 Å². The average Bonchev–Trinajstić information content (AvgIpc) is 2.56. The second kappa shape index (κ2) is 8.21. The van der Waals surface area contributed by atoms with Crippen LogP contribution in [0, 0.1) is 20.8 Å². The molecule has 0 unspecified atom stereocenters. The summed E-state index contributed by atoms with van der Waals surface area (Å²) in [4.78, 5) is 26.7. The van der Waals surface area contributed by atoms with Gasteiger partial charge in [0.1, 0.15) is 5.75 Å². The molecule has 0 atom stereocenters. The molecule has 0 spiro atoms. The minimum atomic E-state index is -0.430. The van der Waals surface area contributed by atoms with Crippen molar-refractivity contribution >= 4 is 23.6 Å².